The number of benzene rings is 3. The van der Waals surface area contributed by atoms with Gasteiger partial charge in [0.1, 0.15) is 0 Å². The van der Waals surface area contributed by atoms with E-state index in [-0.39, 0.29) is 29.3 Å². The Balaban J connectivity index is 1.56. The third-order valence-corrected chi connectivity index (χ3v) is 7.09. The van der Waals surface area contributed by atoms with Gasteiger partial charge in [-0.1, -0.05) is 54.6 Å². The first-order valence-corrected chi connectivity index (χ1v) is 10.3. The molecule has 0 N–H and O–H groups in total. The van der Waals surface area contributed by atoms with Gasteiger partial charge in [0, 0.05) is 24.0 Å². The molecule has 1 aliphatic heterocycles. The Hall–Kier alpha value is -3.80. The lowest BCUT2D eigenvalue weighted by Crippen LogP contribution is -2.41. The maximum absolute atomic E-state index is 13.7. The fraction of sp³-hybridized carbons (Fsp3) is 0.200. The summed E-state index contributed by atoms with van der Waals surface area (Å²) in [6, 6.07) is 20.4. The van der Waals surface area contributed by atoms with Crippen LogP contribution in [0.25, 0.3) is 0 Å². The predicted molar refractivity (Wildman–Crippen MR) is 114 cm³/mol. The molecule has 152 valence electrons. The van der Waals surface area contributed by atoms with E-state index < -0.39 is 16.8 Å². The normalized spacial score (nSPS) is 25.3. The summed E-state index contributed by atoms with van der Waals surface area (Å²) < 4.78 is 0. The van der Waals surface area contributed by atoms with Crippen LogP contribution in [-0.4, -0.2) is 16.7 Å². The number of carbonyl (C=O) groups is 2. The number of imide groups is 1. The smallest absolute Gasteiger partial charge is 0.271 e. The lowest BCUT2D eigenvalue weighted by Gasteiger charge is -2.45. The van der Waals surface area contributed by atoms with Crippen LogP contribution in [0.2, 0.25) is 0 Å². The van der Waals surface area contributed by atoms with Gasteiger partial charge in [0.05, 0.1) is 22.4 Å². The number of nitro benzene ring substituents is 1. The second kappa shape index (κ2) is 6.11. The molecule has 1 heterocycles. The maximum atomic E-state index is 13.7. The number of amides is 2. The van der Waals surface area contributed by atoms with Crippen molar-refractivity contribution in [1.82, 2.24) is 0 Å². The topological polar surface area (TPSA) is 80.5 Å². The second-order valence-electron chi connectivity index (χ2n) is 8.50. The number of nitrogens with zero attached hydrogens (tertiary/aromatic N) is 2. The van der Waals surface area contributed by atoms with E-state index in [1.54, 1.807) is 13.0 Å². The first kappa shape index (κ1) is 18.0. The van der Waals surface area contributed by atoms with Crippen LogP contribution in [0, 0.1) is 28.9 Å². The average molecular weight is 410 g/mol. The van der Waals surface area contributed by atoms with E-state index in [1.807, 2.05) is 24.3 Å². The first-order valence-electron chi connectivity index (χ1n) is 10.3. The molecule has 0 spiro atoms. The minimum Gasteiger partial charge on any atom is -0.274 e. The maximum Gasteiger partial charge on any atom is 0.271 e. The van der Waals surface area contributed by atoms with Crippen molar-refractivity contribution in [1.29, 1.82) is 0 Å². The van der Waals surface area contributed by atoms with Crippen molar-refractivity contribution in [2.75, 3.05) is 4.90 Å². The molecule has 6 nitrogen and oxygen atoms in total. The van der Waals surface area contributed by atoms with Crippen LogP contribution in [0.4, 0.5) is 11.4 Å². The van der Waals surface area contributed by atoms with Gasteiger partial charge in [0.15, 0.2) is 0 Å². The van der Waals surface area contributed by atoms with Gasteiger partial charge in [-0.15, -0.1) is 0 Å². The lowest BCUT2D eigenvalue weighted by atomic mass is 9.55. The van der Waals surface area contributed by atoms with Gasteiger partial charge in [0.25, 0.3) is 5.69 Å². The van der Waals surface area contributed by atoms with Crippen LogP contribution < -0.4 is 4.90 Å². The SMILES string of the molecule is Cc1ccc([N+](=O)[O-])cc1N1C(=O)[C@H]2C3c4ccccc4C(c4ccccc43)[C@@H]2C1=O. The Labute approximate surface area is 178 Å². The molecule has 0 aromatic heterocycles. The van der Waals surface area contributed by atoms with Gasteiger partial charge in [-0.3, -0.25) is 19.7 Å². The van der Waals surface area contributed by atoms with Crippen LogP contribution in [-0.2, 0) is 9.59 Å². The molecule has 2 atom stereocenters. The summed E-state index contributed by atoms with van der Waals surface area (Å²) in [7, 11) is 0. The van der Waals surface area contributed by atoms with E-state index in [1.165, 1.54) is 17.0 Å². The molecule has 31 heavy (non-hydrogen) atoms. The number of aryl methyl sites for hydroxylation is 1. The van der Waals surface area contributed by atoms with E-state index in [9.17, 15) is 19.7 Å². The molecule has 4 aliphatic rings. The quantitative estimate of drug-likeness (QED) is 0.358. The fourth-order valence-electron chi connectivity index (χ4n) is 5.87. The summed E-state index contributed by atoms with van der Waals surface area (Å²) >= 11 is 0. The molecular formula is C25H18N2O4. The predicted octanol–water partition coefficient (Wildman–Crippen LogP) is 4.30. The Morgan fingerprint density at radius 1 is 0.774 bits per heavy atom. The average Bonchev–Trinajstić information content (AvgIpc) is 3.05. The van der Waals surface area contributed by atoms with Crippen molar-refractivity contribution in [3.63, 3.8) is 0 Å². The molecule has 3 aromatic carbocycles. The zero-order valence-corrected chi connectivity index (χ0v) is 16.7. The Morgan fingerprint density at radius 3 is 1.65 bits per heavy atom. The molecule has 2 amide bonds. The summed E-state index contributed by atoms with van der Waals surface area (Å²) in [6.45, 7) is 1.76. The van der Waals surface area contributed by atoms with E-state index in [2.05, 4.69) is 24.3 Å². The number of hydrogen-bond donors (Lipinski definition) is 0. The van der Waals surface area contributed by atoms with Crippen molar-refractivity contribution >= 4 is 23.2 Å². The van der Waals surface area contributed by atoms with Gasteiger partial charge in [-0.2, -0.15) is 0 Å². The highest BCUT2D eigenvalue weighted by Crippen LogP contribution is 2.61. The fourth-order valence-corrected chi connectivity index (χ4v) is 5.87. The van der Waals surface area contributed by atoms with Gasteiger partial charge in [-0.25, -0.2) is 4.90 Å². The molecule has 2 bridgehead atoms. The van der Waals surface area contributed by atoms with E-state index in [0.717, 1.165) is 22.3 Å². The highest BCUT2D eigenvalue weighted by Gasteiger charge is 2.61. The number of hydrogen-bond acceptors (Lipinski definition) is 4. The zero-order chi connectivity index (χ0) is 21.4. The number of carbonyl (C=O) groups excluding carboxylic acids is 2. The highest BCUT2D eigenvalue weighted by atomic mass is 16.6. The minimum atomic E-state index is -0.504. The van der Waals surface area contributed by atoms with Gasteiger partial charge >= 0.3 is 0 Å². The first-order chi connectivity index (χ1) is 15.0. The molecule has 1 saturated heterocycles. The lowest BCUT2D eigenvalue weighted by molar-refractivity contribution is -0.384. The van der Waals surface area contributed by atoms with E-state index >= 15 is 0 Å². The zero-order valence-electron chi connectivity index (χ0n) is 16.7. The van der Waals surface area contributed by atoms with Crippen molar-refractivity contribution in [3.8, 4) is 0 Å². The van der Waals surface area contributed by atoms with Crippen LogP contribution in [0.1, 0.15) is 39.7 Å². The van der Waals surface area contributed by atoms with Crippen molar-refractivity contribution in [2.45, 2.75) is 18.8 Å². The molecular weight excluding hydrogens is 392 g/mol. The Bertz CT molecular complexity index is 1200. The van der Waals surface area contributed by atoms with Crippen LogP contribution in [0.15, 0.2) is 66.7 Å². The summed E-state index contributed by atoms with van der Waals surface area (Å²) in [5.41, 5.74) is 5.25. The molecule has 3 aliphatic carbocycles. The van der Waals surface area contributed by atoms with E-state index in [4.69, 9.17) is 0 Å². The van der Waals surface area contributed by atoms with Crippen molar-refractivity contribution in [2.24, 2.45) is 11.8 Å². The second-order valence-corrected chi connectivity index (χ2v) is 8.50. The molecule has 0 unspecified atom stereocenters. The summed E-state index contributed by atoms with van der Waals surface area (Å²) in [4.78, 5) is 39.5. The Morgan fingerprint density at radius 2 is 1.23 bits per heavy atom. The van der Waals surface area contributed by atoms with E-state index in [0.29, 0.717) is 11.3 Å². The molecule has 0 radical (unpaired) electrons. The molecule has 7 rings (SSSR count). The van der Waals surface area contributed by atoms with Gasteiger partial charge < -0.3 is 0 Å². The molecule has 6 heteroatoms. The molecule has 0 saturated carbocycles. The summed E-state index contributed by atoms with van der Waals surface area (Å²) in [5.74, 6) is -1.91. The van der Waals surface area contributed by atoms with Gasteiger partial charge in [0.2, 0.25) is 11.8 Å². The minimum absolute atomic E-state index is 0.134. The monoisotopic (exact) mass is 410 g/mol. The largest absolute Gasteiger partial charge is 0.274 e. The van der Waals surface area contributed by atoms with Crippen LogP contribution in [0.5, 0.6) is 0 Å². The van der Waals surface area contributed by atoms with Crippen molar-refractivity contribution < 1.29 is 14.5 Å². The summed E-state index contributed by atoms with van der Waals surface area (Å²) in [6.07, 6.45) is 0. The number of nitro groups is 1. The van der Waals surface area contributed by atoms with Crippen molar-refractivity contribution in [3.05, 3.63) is 105 Å². The number of non-ortho nitro benzene ring substituents is 1. The Kier molecular flexibility index (Phi) is 3.55. The molecule has 1 fully saturated rings. The summed E-state index contributed by atoms with van der Waals surface area (Å²) in [5, 5.41) is 11.3. The number of rotatable bonds is 2. The highest BCUT2D eigenvalue weighted by molar-refractivity contribution is 6.23. The third kappa shape index (κ3) is 2.22. The third-order valence-electron chi connectivity index (χ3n) is 7.09. The van der Waals surface area contributed by atoms with Crippen LogP contribution >= 0.6 is 0 Å². The molecule has 3 aromatic rings. The standard InChI is InChI=1S/C25H18N2O4/c1-13-10-11-14(27(30)31)12-19(13)26-24(28)22-20-15-6-2-3-7-16(15)21(23(22)25(26)29)18-9-5-4-8-17(18)20/h2-12,20-23H,1H3/t20?,21?,22-,23-/m0/s1. The van der Waals surface area contributed by atoms with Gasteiger partial charge in [-0.05, 0) is 34.7 Å². The number of anilines is 1. The van der Waals surface area contributed by atoms with Crippen LogP contribution in [0.3, 0.4) is 0 Å².